The maximum atomic E-state index is 13.9. The molecule has 4 heteroatoms. The third kappa shape index (κ3) is 7.82. The van der Waals surface area contributed by atoms with Crippen LogP contribution in [0.25, 0.3) is 0 Å². The number of hydrogen-bond acceptors (Lipinski definition) is 3. The Morgan fingerprint density at radius 3 is 2.19 bits per heavy atom. The van der Waals surface area contributed by atoms with E-state index in [0.29, 0.717) is 19.6 Å². The fourth-order valence-electron chi connectivity index (χ4n) is 4.40. The van der Waals surface area contributed by atoms with Gasteiger partial charge >= 0.3 is 0 Å². The number of benzene rings is 4. The molecule has 4 rings (SSSR count). The van der Waals surface area contributed by atoms with Crippen molar-refractivity contribution in [3.63, 3.8) is 0 Å². The van der Waals surface area contributed by atoms with Gasteiger partial charge in [0.05, 0.1) is 0 Å². The molecule has 0 atom stereocenters. The lowest BCUT2D eigenvalue weighted by atomic mass is 9.98. The van der Waals surface area contributed by atoms with Crippen molar-refractivity contribution in [3.05, 3.63) is 137 Å². The first-order valence-corrected chi connectivity index (χ1v) is 14.0. The minimum Gasteiger partial charge on any atom is -0.334 e. The van der Waals surface area contributed by atoms with Gasteiger partial charge in [-0.1, -0.05) is 96.6 Å². The summed E-state index contributed by atoms with van der Waals surface area (Å²) in [7, 11) is 0. The fourth-order valence-corrected chi connectivity index (χ4v) is 5.41. The van der Waals surface area contributed by atoms with Gasteiger partial charge in [-0.15, -0.1) is 11.8 Å². The predicted molar refractivity (Wildman–Crippen MR) is 156 cm³/mol. The summed E-state index contributed by atoms with van der Waals surface area (Å²) in [4.78, 5) is 17.1. The zero-order valence-corrected chi connectivity index (χ0v) is 22.4. The zero-order valence-electron chi connectivity index (χ0n) is 21.6. The molecule has 4 aromatic rings. The summed E-state index contributed by atoms with van der Waals surface area (Å²) >= 11 is 1.83. The highest BCUT2D eigenvalue weighted by molar-refractivity contribution is 7.98. The Kier molecular flexibility index (Phi) is 9.98. The van der Waals surface area contributed by atoms with E-state index < -0.39 is 0 Å². The molecule has 0 aliphatic heterocycles. The third-order valence-corrected chi connectivity index (χ3v) is 7.73. The van der Waals surface area contributed by atoms with Crippen LogP contribution in [0.1, 0.15) is 44.6 Å². The van der Waals surface area contributed by atoms with Crippen LogP contribution in [0, 0.1) is 6.92 Å². The van der Waals surface area contributed by atoms with Gasteiger partial charge in [0.2, 0.25) is 0 Å². The van der Waals surface area contributed by atoms with Crippen LogP contribution in [0.5, 0.6) is 0 Å². The van der Waals surface area contributed by atoms with E-state index in [9.17, 15) is 4.79 Å². The Labute approximate surface area is 225 Å². The van der Waals surface area contributed by atoms with Crippen LogP contribution in [0.2, 0.25) is 0 Å². The average molecular weight is 509 g/mol. The zero-order chi connectivity index (χ0) is 25.9. The second-order valence-corrected chi connectivity index (χ2v) is 10.4. The maximum Gasteiger partial charge on any atom is 0.254 e. The molecule has 2 N–H and O–H groups in total. The van der Waals surface area contributed by atoms with Crippen LogP contribution < -0.4 is 5.73 Å². The number of carbonyl (C=O) groups excluding carboxylic acids is 1. The monoisotopic (exact) mass is 508 g/mol. The third-order valence-electron chi connectivity index (χ3n) is 6.54. The molecule has 0 radical (unpaired) electrons. The van der Waals surface area contributed by atoms with Gasteiger partial charge in [0, 0.05) is 29.3 Å². The SMILES string of the molecule is Cc1ccc(CSc2ccccc2CN(CCCN)C(=O)c2ccccc2CCc2ccccc2)cc1. The molecule has 0 saturated heterocycles. The number of hydrogen-bond donors (Lipinski definition) is 1. The molecule has 0 bridgehead atoms. The number of nitrogens with two attached hydrogens (primary N) is 1. The van der Waals surface area contributed by atoms with Crippen LogP contribution in [-0.4, -0.2) is 23.9 Å². The van der Waals surface area contributed by atoms with E-state index >= 15 is 0 Å². The number of amides is 1. The van der Waals surface area contributed by atoms with E-state index in [-0.39, 0.29) is 5.91 Å². The first-order chi connectivity index (χ1) is 18.1. The lowest BCUT2D eigenvalue weighted by Crippen LogP contribution is -2.33. The molecule has 3 nitrogen and oxygen atoms in total. The molecule has 190 valence electrons. The minimum atomic E-state index is 0.0791. The van der Waals surface area contributed by atoms with E-state index in [2.05, 4.69) is 85.8 Å². The van der Waals surface area contributed by atoms with E-state index in [1.165, 1.54) is 27.1 Å². The number of thioether (sulfide) groups is 1. The fraction of sp³-hybridized carbons (Fsp3) is 0.242. The van der Waals surface area contributed by atoms with Crippen LogP contribution in [0.3, 0.4) is 0 Å². The second kappa shape index (κ2) is 13.8. The molecule has 0 aromatic heterocycles. The number of nitrogens with zero attached hydrogens (tertiary/aromatic N) is 1. The molecule has 4 aromatic carbocycles. The van der Waals surface area contributed by atoms with Crippen LogP contribution in [0.15, 0.2) is 108 Å². The van der Waals surface area contributed by atoms with Crippen molar-refractivity contribution in [1.29, 1.82) is 0 Å². The molecule has 1 amide bonds. The Morgan fingerprint density at radius 1 is 0.757 bits per heavy atom. The van der Waals surface area contributed by atoms with Gasteiger partial charge in [0.1, 0.15) is 0 Å². The molecule has 0 saturated carbocycles. The minimum absolute atomic E-state index is 0.0791. The molecule has 0 aliphatic rings. The van der Waals surface area contributed by atoms with Gasteiger partial charge in [-0.3, -0.25) is 4.79 Å². The summed E-state index contributed by atoms with van der Waals surface area (Å²) in [6.45, 7) is 3.88. The first kappa shape index (κ1) is 26.7. The van der Waals surface area contributed by atoms with E-state index in [4.69, 9.17) is 5.73 Å². The first-order valence-electron chi connectivity index (χ1n) is 13.0. The highest BCUT2D eigenvalue weighted by Crippen LogP contribution is 2.28. The number of carbonyl (C=O) groups is 1. The van der Waals surface area contributed by atoms with Gasteiger partial charge in [0.25, 0.3) is 5.91 Å². The van der Waals surface area contributed by atoms with Crippen molar-refractivity contribution in [2.24, 2.45) is 5.73 Å². The smallest absolute Gasteiger partial charge is 0.254 e. The second-order valence-electron chi connectivity index (χ2n) is 9.39. The molecule has 0 aliphatic carbocycles. The number of rotatable bonds is 12. The van der Waals surface area contributed by atoms with E-state index in [0.717, 1.165) is 36.1 Å². The van der Waals surface area contributed by atoms with Crippen LogP contribution >= 0.6 is 11.8 Å². The highest BCUT2D eigenvalue weighted by Gasteiger charge is 2.20. The molecular weight excluding hydrogens is 472 g/mol. The van der Waals surface area contributed by atoms with Crippen molar-refractivity contribution in [2.75, 3.05) is 13.1 Å². The molecule has 37 heavy (non-hydrogen) atoms. The van der Waals surface area contributed by atoms with Crippen molar-refractivity contribution in [3.8, 4) is 0 Å². The van der Waals surface area contributed by atoms with Crippen LogP contribution in [0.4, 0.5) is 0 Å². The lowest BCUT2D eigenvalue weighted by molar-refractivity contribution is 0.0740. The van der Waals surface area contributed by atoms with Crippen molar-refractivity contribution >= 4 is 17.7 Å². The standard InChI is InChI=1S/C33H36N2OS/c1-26-16-18-28(19-17-26)25-37-32-15-8-6-13-30(32)24-35(23-9-22-34)33(36)31-14-7-5-12-29(31)21-20-27-10-3-2-4-11-27/h2-8,10-19H,9,20-25,34H2,1H3. The normalized spacial score (nSPS) is 10.9. The van der Waals surface area contributed by atoms with Crippen molar-refractivity contribution < 1.29 is 4.79 Å². The number of aryl methyl sites for hydroxylation is 3. The Hall–Kier alpha value is -3.34. The summed E-state index contributed by atoms with van der Waals surface area (Å²) < 4.78 is 0. The van der Waals surface area contributed by atoms with Crippen molar-refractivity contribution in [2.45, 2.75) is 43.4 Å². The molecule has 0 unspecified atom stereocenters. The van der Waals surface area contributed by atoms with Gasteiger partial charge in [0.15, 0.2) is 0 Å². The predicted octanol–water partition coefficient (Wildman–Crippen LogP) is 7.06. The van der Waals surface area contributed by atoms with Gasteiger partial charge in [-0.25, -0.2) is 0 Å². The van der Waals surface area contributed by atoms with Crippen molar-refractivity contribution in [1.82, 2.24) is 4.90 Å². The Balaban J connectivity index is 1.51. The molecule has 0 heterocycles. The van der Waals surface area contributed by atoms with E-state index in [1.54, 1.807) is 0 Å². The summed E-state index contributed by atoms with van der Waals surface area (Å²) in [5, 5.41) is 0. The van der Waals surface area contributed by atoms with E-state index in [1.807, 2.05) is 40.9 Å². The highest BCUT2D eigenvalue weighted by atomic mass is 32.2. The van der Waals surface area contributed by atoms with Gasteiger partial charge in [-0.2, -0.15) is 0 Å². The largest absolute Gasteiger partial charge is 0.334 e. The molecule has 0 spiro atoms. The summed E-state index contributed by atoms with van der Waals surface area (Å²) in [6, 6.07) is 35.6. The lowest BCUT2D eigenvalue weighted by Gasteiger charge is -2.25. The molecule has 0 fully saturated rings. The average Bonchev–Trinajstić information content (AvgIpc) is 2.95. The van der Waals surface area contributed by atoms with Crippen LogP contribution in [-0.2, 0) is 25.1 Å². The Morgan fingerprint density at radius 2 is 1.43 bits per heavy atom. The summed E-state index contributed by atoms with van der Waals surface area (Å²) in [5.74, 6) is 0.978. The van der Waals surface area contributed by atoms with Gasteiger partial charge in [-0.05, 0) is 67.1 Å². The van der Waals surface area contributed by atoms with Gasteiger partial charge < -0.3 is 10.6 Å². The summed E-state index contributed by atoms with van der Waals surface area (Å²) in [6.07, 6.45) is 2.52. The quantitative estimate of drug-likeness (QED) is 0.208. The Bertz CT molecular complexity index is 1270. The molecular formula is C33H36N2OS. The topological polar surface area (TPSA) is 46.3 Å². The maximum absolute atomic E-state index is 13.9. The summed E-state index contributed by atoms with van der Waals surface area (Å²) in [5.41, 5.74) is 12.8.